The van der Waals surface area contributed by atoms with Gasteiger partial charge < -0.3 is 40.5 Å². The zero-order valence-corrected chi connectivity index (χ0v) is 20.8. The van der Waals surface area contributed by atoms with Gasteiger partial charge in [-0.2, -0.15) is 0 Å². The molecule has 4 heterocycles. The van der Waals surface area contributed by atoms with Gasteiger partial charge in [0.1, 0.15) is 35.9 Å². The normalized spacial score (nSPS) is 46.4. The number of hydrogen-bond donors (Lipinski definition) is 6. The van der Waals surface area contributed by atoms with Crippen molar-refractivity contribution in [2.45, 2.75) is 93.7 Å². The van der Waals surface area contributed by atoms with Gasteiger partial charge in [-0.05, 0) is 43.4 Å². The average Bonchev–Trinajstić information content (AvgIpc) is 3.07. The van der Waals surface area contributed by atoms with E-state index in [1.165, 1.54) is 11.8 Å². The van der Waals surface area contributed by atoms with Crippen LogP contribution in [0.15, 0.2) is 12.2 Å². The molecule has 4 aliphatic rings. The van der Waals surface area contributed by atoms with E-state index in [2.05, 4.69) is 24.5 Å². The van der Waals surface area contributed by atoms with E-state index in [1.807, 2.05) is 0 Å². The number of ether oxygens (including phenoxy) is 2. The Labute approximate surface area is 205 Å². The fourth-order valence-electron chi connectivity index (χ4n) is 5.79. The van der Waals surface area contributed by atoms with E-state index in [0.29, 0.717) is 24.9 Å². The van der Waals surface area contributed by atoms with Gasteiger partial charge in [-0.1, -0.05) is 26.0 Å². The number of hydrogen-bond acceptors (Lipinski definition) is 9. The summed E-state index contributed by atoms with van der Waals surface area (Å²) in [6.07, 6.45) is 1.02. The first-order chi connectivity index (χ1) is 16.2. The number of aliphatic hydroxyl groups excluding tert-OH is 4. The molecule has 0 radical (unpaired) electrons. The lowest BCUT2D eigenvalue weighted by molar-refractivity contribution is -0.205. The molecule has 10 heteroatoms. The SMILES string of the molecule is CC(C)C[C@@H]1CCO[C@@H]2[C@H](CN[C@@H]2C(=O)N[C@@H]2C/C=C\[C@@H](O)CS[C@H]3O[C@H]2[C@H](O)[C@H](O)[C@H]3O)C1. The highest BCUT2D eigenvalue weighted by Crippen LogP contribution is 2.35. The van der Waals surface area contributed by atoms with Crippen LogP contribution in [0.25, 0.3) is 0 Å². The van der Waals surface area contributed by atoms with Gasteiger partial charge in [-0.15, -0.1) is 11.8 Å². The fraction of sp³-hybridized carbons (Fsp3) is 0.875. The smallest absolute Gasteiger partial charge is 0.240 e. The highest BCUT2D eigenvalue weighted by atomic mass is 32.2. The van der Waals surface area contributed by atoms with Crippen molar-refractivity contribution in [3.63, 3.8) is 0 Å². The second-order valence-corrected chi connectivity index (χ2v) is 11.8. The van der Waals surface area contributed by atoms with Gasteiger partial charge in [0.25, 0.3) is 0 Å². The number of carbonyl (C=O) groups excluding carboxylic acids is 1. The molecule has 0 aromatic carbocycles. The van der Waals surface area contributed by atoms with Crippen molar-refractivity contribution in [1.29, 1.82) is 0 Å². The summed E-state index contributed by atoms with van der Waals surface area (Å²) in [6, 6.07) is -1.15. The highest BCUT2D eigenvalue weighted by Gasteiger charge is 2.49. The van der Waals surface area contributed by atoms with Crippen molar-refractivity contribution in [1.82, 2.24) is 10.6 Å². The molecule has 0 aromatic rings. The number of carbonyl (C=O) groups is 1. The van der Waals surface area contributed by atoms with E-state index in [0.717, 1.165) is 25.8 Å². The molecule has 0 spiro atoms. The maximum atomic E-state index is 13.4. The predicted molar refractivity (Wildman–Crippen MR) is 128 cm³/mol. The van der Waals surface area contributed by atoms with Crippen molar-refractivity contribution >= 4 is 17.7 Å². The molecule has 2 bridgehead atoms. The first kappa shape index (κ1) is 26.3. The first-order valence-corrected chi connectivity index (χ1v) is 13.6. The molecule has 3 fully saturated rings. The van der Waals surface area contributed by atoms with E-state index < -0.39 is 48.0 Å². The van der Waals surface area contributed by atoms with Gasteiger partial charge in [0.05, 0.1) is 18.2 Å². The number of nitrogens with one attached hydrogen (secondary N) is 2. The summed E-state index contributed by atoms with van der Waals surface area (Å²) in [7, 11) is 0. The van der Waals surface area contributed by atoms with Crippen LogP contribution in [0.3, 0.4) is 0 Å². The van der Waals surface area contributed by atoms with Gasteiger partial charge in [0, 0.05) is 18.9 Å². The zero-order chi connectivity index (χ0) is 24.4. The Morgan fingerprint density at radius 3 is 2.74 bits per heavy atom. The standard InChI is InChI=1S/C24H40N2O7S/c1-12(2)8-13-6-7-32-21-14(9-13)10-25-17(21)23(31)26-16-5-3-4-15(27)11-34-24-20(30)18(28)19(29)22(16)33-24/h3-4,12-22,24-25,27-30H,5-11H2,1-2H3,(H,26,31)/b4-3-/t13-,14-,15+,16+,17-,18-,19+,20+,21+,22+,24+/m0/s1. The van der Waals surface area contributed by atoms with E-state index in [9.17, 15) is 25.2 Å². The Kier molecular flexibility index (Phi) is 8.95. The van der Waals surface area contributed by atoms with Gasteiger partial charge >= 0.3 is 0 Å². The summed E-state index contributed by atoms with van der Waals surface area (Å²) >= 11 is 1.17. The summed E-state index contributed by atoms with van der Waals surface area (Å²) in [4.78, 5) is 13.4. The molecule has 0 unspecified atom stereocenters. The maximum Gasteiger partial charge on any atom is 0.240 e. The molecule has 6 N–H and O–H groups in total. The Morgan fingerprint density at radius 2 is 1.97 bits per heavy atom. The topological polar surface area (TPSA) is 141 Å². The predicted octanol–water partition coefficient (Wildman–Crippen LogP) is -0.238. The third-order valence-electron chi connectivity index (χ3n) is 7.46. The summed E-state index contributed by atoms with van der Waals surface area (Å²) in [6.45, 7) is 5.83. The van der Waals surface area contributed by atoms with Gasteiger partial charge in [0.15, 0.2) is 0 Å². The summed E-state index contributed by atoms with van der Waals surface area (Å²) in [5, 5.41) is 47.9. The van der Waals surface area contributed by atoms with Crippen molar-refractivity contribution < 1.29 is 34.7 Å². The van der Waals surface area contributed by atoms with Crippen LogP contribution in [0.5, 0.6) is 0 Å². The lowest BCUT2D eigenvalue weighted by atomic mass is 9.85. The van der Waals surface area contributed by atoms with Gasteiger partial charge in [-0.3, -0.25) is 4.79 Å². The monoisotopic (exact) mass is 500 g/mol. The molecule has 0 saturated carbocycles. The molecule has 0 aliphatic carbocycles. The van der Waals surface area contributed by atoms with E-state index in [4.69, 9.17) is 9.47 Å². The molecule has 34 heavy (non-hydrogen) atoms. The third kappa shape index (κ3) is 5.98. The molecule has 4 rings (SSSR count). The zero-order valence-electron chi connectivity index (χ0n) is 20.0. The number of fused-ring (bicyclic) bond motifs is 3. The second-order valence-electron chi connectivity index (χ2n) is 10.6. The van der Waals surface area contributed by atoms with Crippen LogP contribution in [0, 0.1) is 17.8 Å². The molecule has 11 atom stereocenters. The van der Waals surface area contributed by atoms with E-state index in [1.54, 1.807) is 12.2 Å². The minimum Gasteiger partial charge on any atom is -0.388 e. The van der Waals surface area contributed by atoms with Crippen LogP contribution in [0.2, 0.25) is 0 Å². The minimum absolute atomic E-state index is 0.207. The van der Waals surface area contributed by atoms with Crippen LogP contribution in [-0.4, -0.2) is 99.4 Å². The van der Waals surface area contributed by atoms with Crippen LogP contribution in [0.4, 0.5) is 0 Å². The first-order valence-electron chi connectivity index (χ1n) is 12.6. The summed E-state index contributed by atoms with van der Waals surface area (Å²) in [5.41, 5.74) is -0.819. The average molecular weight is 501 g/mol. The van der Waals surface area contributed by atoms with E-state index >= 15 is 0 Å². The Morgan fingerprint density at radius 1 is 1.18 bits per heavy atom. The summed E-state index contributed by atoms with van der Waals surface area (Å²) in [5.74, 6) is 1.56. The highest BCUT2D eigenvalue weighted by molar-refractivity contribution is 7.99. The Bertz CT molecular complexity index is 725. The second kappa shape index (κ2) is 11.6. The maximum absolute atomic E-state index is 13.4. The fourth-order valence-corrected chi connectivity index (χ4v) is 6.86. The van der Waals surface area contributed by atoms with Crippen LogP contribution >= 0.6 is 11.8 Å². The van der Waals surface area contributed by atoms with Crippen molar-refractivity contribution in [3.05, 3.63) is 12.2 Å². The molecule has 3 saturated heterocycles. The Balaban J connectivity index is 1.46. The van der Waals surface area contributed by atoms with Gasteiger partial charge in [-0.25, -0.2) is 0 Å². The quantitative estimate of drug-likeness (QED) is 0.289. The largest absolute Gasteiger partial charge is 0.388 e. The Hall–Kier alpha value is -0.720. The third-order valence-corrected chi connectivity index (χ3v) is 8.72. The molecular formula is C24H40N2O7S. The number of thioether (sulfide) groups is 1. The molecule has 194 valence electrons. The van der Waals surface area contributed by atoms with Crippen molar-refractivity contribution in [2.75, 3.05) is 18.9 Å². The van der Waals surface area contributed by atoms with E-state index in [-0.39, 0.29) is 23.7 Å². The van der Waals surface area contributed by atoms with Crippen LogP contribution in [0.1, 0.15) is 39.5 Å². The van der Waals surface area contributed by atoms with Crippen molar-refractivity contribution in [3.8, 4) is 0 Å². The summed E-state index contributed by atoms with van der Waals surface area (Å²) < 4.78 is 12.1. The molecule has 9 nitrogen and oxygen atoms in total. The number of aliphatic hydroxyl groups is 4. The van der Waals surface area contributed by atoms with Crippen molar-refractivity contribution in [2.24, 2.45) is 17.8 Å². The molecule has 1 amide bonds. The lowest BCUT2D eigenvalue weighted by Crippen LogP contribution is -2.64. The number of amides is 1. The molecule has 0 aromatic heterocycles. The van der Waals surface area contributed by atoms with Gasteiger partial charge in [0.2, 0.25) is 5.91 Å². The van der Waals surface area contributed by atoms with Crippen LogP contribution < -0.4 is 10.6 Å². The minimum atomic E-state index is -1.41. The molecular weight excluding hydrogens is 460 g/mol. The van der Waals surface area contributed by atoms with Crippen LogP contribution in [-0.2, 0) is 14.3 Å². The number of rotatable bonds is 4. The molecule has 4 aliphatic heterocycles. The lowest BCUT2D eigenvalue weighted by Gasteiger charge is -2.44.